The normalized spacial score (nSPS) is 24.2. The number of anilines is 1. The zero-order chi connectivity index (χ0) is 16.7. The maximum absolute atomic E-state index is 6.08. The Balaban J connectivity index is 1.67. The van der Waals surface area contributed by atoms with Gasteiger partial charge in [0.05, 0.1) is 11.2 Å². The highest BCUT2D eigenvalue weighted by molar-refractivity contribution is 6.62. The minimum absolute atomic E-state index is 0.313. The Bertz CT molecular complexity index is 523. The Hall–Kier alpha value is -1.11. The van der Waals surface area contributed by atoms with E-state index < -0.39 is 0 Å². The molecule has 6 heteroatoms. The van der Waals surface area contributed by atoms with E-state index in [2.05, 4.69) is 61.5 Å². The summed E-state index contributed by atoms with van der Waals surface area (Å²) in [6, 6.07) is 4.17. The van der Waals surface area contributed by atoms with Crippen molar-refractivity contribution in [3.05, 3.63) is 18.3 Å². The molecule has 3 heterocycles. The van der Waals surface area contributed by atoms with Gasteiger partial charge in [0.15, 0.2) is 0 Å². The molecule has 1 aromatic heterocycles. The predicted molar refractivity (Wildman–Crippen MR) is 94.3 cm³/mol. The molecule has 126 valence electrons. The van der Waals surface area contributed by atoms with Crippen LogP contribution in [0.5, 0.6) is 0 Å². The first-order valence-corrected chi connectivity index (χ1v) is 8.61. The van der Waals surface area contributed by atoms with Crippen LogP contribution in [0.3, 0.4) is 0 Å². The zero-order valence-electron chi connectivity index (χ0n) is 15.0. The highest BCUT2D eigenvalue weighted by Crippen LogP contribution is 2.36. The number of rotatable bonds is 3. The lowest BCUT2D eigenvalue weighted by Gasteiger charge is -2.34. The van der Waals surface area contributed by atoms with Crippen molar-refractivity contribution in [3.8, 4) is 0 Å². The Morgan fingerprint density at radius 3 is 2.13 bits per heavy atom. The Kier molecular flexibility index (Phi) is 4.42. The molecule has 5 nitrogen and oxygen atoms in total. The minimum atomic E-state index is -0.335. The fourth-order valence-electron chi connectivity index (χ4n) is 3.00. The maximum atomic E-state index is 6.08. The highest BCUT2D eigenvalue weighted by Gasteiger charge is 2.51. The molecular weight excluding hydrogens is 289 g/mol. The van der Waals surface area contributed by atoms with Crippen molar-refractivity contribution in [3.63, 3.8) is 0 Å². The lowest BCUT2D eigenvalue weighted by Crippen LogP contribution is -2.46. The fraction of sp³-hybridized carbons (Fsp3) is 0.706. The minimum Gasteiger partial charge on any atom is -0.399 e. The summed E-state index contributed by atoms with van der Waals surface area (Å²) in [7, 11) is -0.335. The average Bonchev–Trinajstić information content (AvgIpc) is 2.76. The zero-order valence-corrected chi connectivity index (χ0v) is 15.0. The standard InChI is InChI=1S/C17H28BN3O2/c1-6-20-9-11-21(12-10-20)15-8-7-14(13-19-15)18-22-16(2,3)17(4,5)23-18/h7-8,13H,6,9-12H2,1-5H3. The summed E-state index contributed by atoms with van der Waals surface area (Å²) in [4.78, 5) is 9.46. The number of aromatic nitrogens is 1. The molecule has 0 N–H and O–H groups in total. The number of hydrogen-bond acceptors (Lipinski definition) is 5. The van der Waals surface area contributed by atoms with Crippen LogP contribution in [0.25, 0.3) is 0 Å². The van der Waals surface area contributed by atoms with Crippen molar-refractivity contribution in [2.24, 2.45) is 0 Å². The fourth-order valence-corrected chi connectivity index (χ4v) is 3.00. The quantitative estimate of drug-likeness (QED) is 0.790. The molecule has 0 aliphatic carbocycles. The lowest BCUT2D eigenvalue weighted by molar-refractivity contribution is 0.00578. The largest absolute Gasteiger partial charge is 0.496 e. The van der Waals surface area contributed by atoms with Gasteiger partial charge in [-0.3, -0.25) is 0 Å². The second kappa shape index (κ2) is 6.08. The molecule has 0 spiro atoms. The van der Waals surface area contributed by atoms with Crippen LogP contribution < -0.4 is 10.4 Å². The number of piperazine rings is 1. The molecule has 0 atom stereocenters. The molecule has 3 rings (SSSR count). The van der Waals surface area contributed by atoms with E-state index in [1.807, 2.05) is 6.20 Å². The molecule has 2 saturated heterocycles. The van der Waals surface area contributed by atoms with Gasteiger partial charge in [-0.05, 0) is 40.3 Å². The van der Waals surface area contributed by atoms with Gasteiger partial charge in [0.1, 0.15) is 5.82 Å². The van der Waals surface area contributed by atoms with Gasteiger partial charge in [0.2, 0.25) is 0 Å². The van der Waals surface area contributed by atoms with Gasteiger partial charge in [-0.25, -0.2) is 4.98 Å². The maximum Gasteiger partial charge on any atom is 0.496 e. The van der Waals surface area contributed by atoms with Gasteiger partial charge in [0.25, 0.3) is 0 Å². The van der Waals surface area contributed by atoms with Crippen molar-refractivity contribution in [1.29, 1.82) is 0 Å². The van der Waals surface area contributed by atoms with E-state index in [0.717, 1.165) is 44.0 Å². The van der Waals surface area contributed by atoms with Crippen molar-refractivity contribution in [2.75, 3.05) is 37.6 Å². The average molecular weight is 317 g/mol. The van der Waals surface area contributed by atoms with E-state index >= 15 is 0 Å². The third-order valence-electron chi connectivity index (χ3n) is 5.44. The molecule has 2 aliphatic rings. The van der Waals surface area contributed by atoms with Gasteiger partial charge in [-0.1, -0.05) is 13.0 Å². The Morgan fingerprint density at radius 2 is 1.65 bits per heavy atom. The first kappa shape index (κ1) is 16.7. The number of pyridine rings is 1. The molecule has 0 bridgehead atoms. The molecular formula is C17H28BN3O2. The van der Waals surface area contributed by atoms with E-state index in [4.69, 9.17) is 9.31 Å². The highest BCUT2D eigenvalue weighted by atomic mass is 16.7. The van der Waals surface area contributed by atoms with Crippen LogP contribution in [0.15, 0.2) is 18.3 Å². The van der Waals surface area contributed by atoms with Crippen LogP contribution in [0.4, 0.5) is 5.82 Å². The Morgan fingerprint density at radius 1 is 1.04 bits per heavy atom. The molecule has 0 amide bonds. The van der Waals surface area contributed by atoms with E-state index in [1.54, 1.807) is 0 Å². The predicted octanol–water partition coefficient (Wildman–Crippen LogP) is 1.52. The summed E-state index contributed by atoms with van der Waals surface area (Å²) in [6.45, 7) is 15.9. The van der Waals surface area contributed by atoms with Crippen LogP contribution in [0.2, 0.25) is 0 Å². The summed E-state index contributed by atoms with van der Waals surface area (Å²) in [5, 5.41) is 0. The molecule has 2 aliphatic heterocycles. The van der Waals surface area contributed by atoms with Crippen molar-refractivity contribution in [1.82, 2.24) is 9.88 Å². The summed E-state index contributed by atoms with van der Waals surface area (Å²) in [5.41, 5.74) is 0.360. The smallest absolute Gasteiger partial charge is 0.399 e. The SMILES string of the molecule is CCN1CCN(c2ccc(B3OC(C)(C)C(C)(C)O3)cn2)CC1. The van der Waals surface area contributed by atoms with E-state index in [1.165, 1.54) is 0 Å². The van der Waals surface area contributed by atoms with Gasteiger partial charge in [-0.15, -0.1) is 0 Å². The van der Waals surface area contributed by atoms with Gasteiger partial charge < -0.3 is 19.1 Å². The monoisotopic (exact) mass is 317 g/mol. The summed E-state index contributed by atoms with van der Waals surface area (Å²) in [5.74, 6) is 1.04. The van der Waals surface area contributed by atoms with Crippen LogP contribution >= 0.6 is 0 Å². The Labute approximate surface area is 140 Å². The third kappa shape index (κ3) is 3.25. The molecule has 2 fully saturated rings. The van der Waals surface area contributed by atoms with Crippen molar-refractivity contribution < 1.29 is 9.31 Å². The first-order chi connectivity index (χ1) is 10.8. The summed E-state index contributed by atoms with van der Waals surface area (Å²) >= 11 is 0. The third-order valence-corrected chi connectivity index (χ3v) is 5.44. The van der Waals surface area contributed by atoms with Crippen molar-refractivity contribution in [2.45, 2.75) is 45.8 Å². The van der Waals surface area contributed by atoms with Crippen LogP contribution in [-0.2, 0) is 9.31 Å². The number of likely N-dealkylation sites (N-methyl/N-ethyl adjacent to an activating group) is 1. The van der Waals surface area contributed by atoms with Crippen LogP contribution in [0, 0.1) is 0 Å². The topological polar surface area (TPSA) is 37.8 Å². The second-order valence-corrected chi connectivity index (χ2v) is 7.46. The molecule has 0 aromatic carbocycles. The molecule has 0 saturated carbocycles. The molecule has 1 aromatic rings. The van der Waals surface area contributed by atoms with Gasteiger partial charge in [0, 0.05) is 37.8 Å². The lowest BCUT2D eigenvalue weighted by atomic mass is 9.80. The van der Waals surface area contributed by atoms with Crippen LogP contribution in [0.1, 0.15) is 34.6 Å². The molecule has 23 heavy (non-hydrogen) atoms. The van der Waals surface area contributed by atoms with Gasteiger partial charge in [-0.2, -0.15) is 0 Å². The first-order valence-electron chi connectivity index (χ1n) is 8.61. The molecule has 0 radical (unpaired) electrons. The van der Waals surface area contributed by atoms with Crippen molar-refractivity contribution >= 4 is 18.4 Å². The van der Waals surface area contributed by atoms with Crippen LogP contribution in [-0.4, -0.2) is 60.9 Å². The molecule has 0 unspecified atom stereocenters. The summed E-state index contributed by atoms with van der Waals surface area (Å²) < 4.78 is 12.2. The van der Waals surface area contributed by atoms with E-state index in [9.17, 15) is 0 Å². The van der Waals surface area contributed by atoms with Gasteiger partial charge >= 0.3 is 7.12 Å². The number of hydrogen-bond donors (Lipinski definition) is 0. The van der Waals surface area contributed by atoms with E-state index in [0.29, 0.717) is 0 Å². The second-order valence-electron chi connectivity index (χ2n) is 7.46. The number of nitrogens with zero attached hydrogens (tertiary/aromatic N) is 3. The summed E-state index contributed by atoms with van der Waals surface area (Å²) in [6.07, 6.45) is 1.89. The van der Waals surface area contributed by atoms with E-state index in [-0.39, 0.29) is 18.3 Å².